The van der Waals surface area contributed by atoms with Gasteiger partial charge in [0.05, 0.1) is 15.9 Å². The van der Waals surface area contributed by atoms with Crippen LogP contribution in [0.15, 0.2) is 29.2 Å². The lowest BCUT2D eigenvalue weighted by Gasteiger charge is -2.26. The second-order valence-electron chi connectivity index (χ2n) is 6.14. The van der Waals surface area contributed by atoms with Gasteiger partial charge in [0.1, 0.15) is 0 Å². The molecule has 0 spiro atoms. The van der Waals surface area contributed by atoms with Crippen LogP contribution < -0.4 is 0 Å². The molecule has 116 valence electrons. The van der Waals surface area contributed by atoms with E-state index < -0.39 is 31.2 Å². The molecular weight excluding hydrogens is 310 g/mol. The average Bonchev–Trinajstić information content (AvgIpc) is 2.94. The number of hydrogen-bond donors (Lipinski definition) is 0. The minimum Gasteiger partial charge on any atom is -0.228 e. The third-order valence-electron chi connectivity index (χ3n) is 4.41. The first-order valence-electron chi connectivity index (χ1n) is 7.05. The molecule has 2 aliphatic heterocycles. The fraction of sp³-hybridized carbons (Fsp3) is 0.571. The summed E-state index contributed by atoms with van der Waals surface area (Å²) in [4.78, 5) is 0.247. The van der Waals surface area contributed by atoms with E-state index >= 15 is 0 Å². The van der Waals surface area contributed by atoms with Crippen molar-refractivity contribution >= 4 is 19.9 Å². The number of rotatable bonds is 3. The highest BCUT2D eigenvalue weighted by molar-refractivity contribution is 7.93. The topological polar surface area (TPSA) is 71.5 Å². The SMILES string of the molecule is CC(C)c1ccc(S(=O)(=O)N2CC3CC2CS3(=O)=O)cc1. The van der Waals surface area contributed by atoms with Gasteiger partial charge in [-0.3, -0.25) is 0 Å². The van der Waals surface area contributed by atoms with Crippen LogP contribution in [0, 0.1) is 0 Å². The van der Waals surface area contributed by atoms with Gasteiger partial charge in [-0.1, -0.05) is 26.0 Å². The molecule has 0 amide bonds. The van der Waals surface area contributed by atoms with Crippen LogP contribution in [-0.4, -0.2) is 44.7 Å². The van der Waals surface area contributed by atoms with Crippen LogP contribution in [0.3, 0.4) is 0 Å². The van der Waals surface area contributed by atoms with Crippen molar-refractivity contribution in [3.63, 3.8) is 0 Å². The van der Waals surface area contributed by atoms with Crippen LogP contribution in [0.1, 0.15) is 31.7 Å². The number of hydrogen-bond acceptors (Lipinski definition) is 4. The molecule has 3 rings (SSSR count). The van der Waals surface area contributed by atoms with Crippen molar-refractivity contribution < 1.29 is 16.8 Å². The molecule has 2 heterocycles. The zero-order valence-electron chi connectivity index (χ0n) is 12.1. The summed E-state index contributed by atoms with van der Waals surface area (Å²) in [6.45, 7) is 4.20. The van der Waals surface area contributed by atoms with Gasteiger partial charge in [0.2, 0.25) is 10.0 Å². The fourth-order valence-corrected chi connectivity index (χ4v) is 7.01. The minimum absolute atomic E-state index is 0.0407. The Bertz CT molecular complexity index is 751. The average molecular weight is 329 g/mol. The highest BCUT2D eigenvalue weighted by Crippen LogP contribution is 2.36. The van der Waals surface area contributed by atoms with Crippen molar-refractivity contribution in [1.82, 2.24) is 4.31 Å². The Morgan fingerprint density at radius 2 is 1.81 bits per heavy atom. The summed E-state index contributed by atoms with van der Waals surface area (Å²) in [5, 5.41) is -0.521. The van der Waals surface area contributed by atoms with E-state index in [4.69, 9.17) is 0 Å². The van der Waals surface area contributed by atoms with Gasteiger partial charge >= 0.3 is 0 Å². The zero-order valence-corrected chi connectivity index (χ0v) is 13.7. The summed E-state index contributed by atoms with van der Waals surface area (Å²) >= 11 is 0. The minimum atomic E-state index is -3.59. The maximum Gasteiger partial charge on any atom is 0.243 e. The lowest BCUT2D eigenvalue weighted by atomic mass is 10.0. The third kappa shape index (κ3) is 2.41. The van der Waals surface area contributed by atoms with E-state index in [9.17, 15) is 16.8 Å². The van der Waals surface area contributed by atoms with Crippen LogP contribution in [0.2, 0.25) is 0 Å². The van der Waals surface area contributed by atoms with Gasteiger partial charge in [-0.05, 0) is 30.0 Å². The van der Waals surface area contributed by atoms with Crippen LogP contribution in [0.5, 0.6) is 0 Å². The molecule has 2 aliphatic rings. The summed E-state index contributed by atoms with van der Waals surface area (Å²) in [5.74, 6) is 0.302. The van der Waals surface area contributed by atoms with Gasteiger partial charge in [-0.2, -0.15) is 4.31 Å². The predicted octanol–water partition coefficient (Wildman–Crippen LogP) is 1.37. The number of sulfonamides is 1. The van der Waals surface area contributed by atoms with Crippen molar-refractivity contribution in [2.45, 2.75) is 42.4 Å². The van der Waals surface area contributed by atoms with E-state index in [-0.39, 0.29) is 17.2 Å². The van der Waals surface area contributed by atoms with Crippen molar-refractivity contribution in [3.05, 3.63) is 29.8 Å². The Hall–Kier alpha value is -0.920. The molecule has 0 N–H and O–H groups in total. The van der Waals surface area contributed by atoms with Gasteiger partial charge < -0.3 is 0 Å². The molecule has 0 radical (unpaired) electrons. The second kappa shape index (κ2) is 4.79. The third-order valence-corrected chi connectivity index (χ3v) is 8.55. The van der Waals surface area contributed by atoms with Gasteiger partial charge in [-0.15, -0.1) is 0 Å². The molecule has 2 fully saturated rings. The number of sulfone groups is 1. The van der Waals surface area contributed by atoms with E-state index in [1.54, 1.807) is 12.1 Å². The summed E-state index contributed by atoms with van der Waals surface area (Å²) in [6.07, 6.45) is 0.436. The predicted molar refractivity (Wildman–Crippen MR) is 80.4 cm³/mol. The highest BCUT2D eigenvalue weighted by Gasteiger charge is 2.52. The van der Waals surface area contributed by atoms with Crippen LogP contribution >= 0.6 is 0 Å². The maximum absolute atomic E-state index is 12.6. The van der Waals surface area contributed by atoms with E-state index in [0.717, 1.165) is 5.56 Å². The number of fused-ring (bicyclic) bond motifs is 2. The molecule has 1 aromatic carbocycles. The molecule has 0 saturated carbocycles. The zero-order chi connectivity index (χ0) is 15.4. The molecular formula is C14H19NO4S2. The molecule has 2 unspecified atom stereocenters. The molecule has 2 bridgehead atoms. The fourth-order valence-electron chi connectivity index (χ4n) is 3.12. The van der Waals surface area contributed by atoms with Crippen molar-refractivity contribution in [2.75, 3.05) is 12.3 Å². The molecule has 21 heavy (non-hydrogen) atoms. The van der Waals surface area contributed by atoms with Crippen LogP contribution in [-0.2, 0) is 19.9 Å². The molecule has 7 heteroatoms. The first kappa shape index (κ1) is 15.0. The highest BCUT2D eigenvalue weighted by atomic mass is 32.2. The smallest absolute Gasteiger partial charge is 0.228 e. The maximum atomic E-state index is 12.6. The Balaban J connectivity index is 1.89. The number of nitrogens with zero attached hydrogens (tertiary/aromatic N) is 1. The first-order valence-corrected chi connectivity index (χ1v) is 10.2. The van der Waals surface area contributed by atoms with E-state index in [0.29, 0.717) is 12.3 Å². The Morgan fingerprint density at radius 3 is 2.24 bits per heavy atom. The van der Waals surface area contributed by atoms with Gasteiger partial charge in [0.25, 0.3) is 0 Å². The monoisotopic (exact) mass is 329 g/mol. The van der Waals surface area contributed by atoms with Crippen molar-refractivity contribution in [2.24, 2.45) is 0 Å². The first-order chi connectivity index (χ1) is 9.72. The Kier molecular flexibility index (Phi) is 3.42. The quantitative estimate of drug-likeness (QED) is 0.840. The number of benzene rings is 1. The van der Waals surface area contributed by atoms with Crippen LogP contribution in [0.4, 0.5) is 0 Å². The van der Waals surface area contributed by atoms with E-state index in [1.807, 2.05) is 26.0 Å². The molecule has 2 saturated heterocycles. The summed E-state index contributed by atoms with van der Waals surface area (Å²) in [6, 6.07) is 6.48. The Labute approximate surface area is 125 Å². The molecule has 5 nitrogen and oxygen atoms in total. The molecule has 2 atom stereocenters. The van der Waals surface area contributed by atoms with Gasteiger partial charge in [0, 0.05) is 12.6 Å². The largest absolute Gasteiger partial charge is 0.243 e. The summed E-state index contributed by atoms with van der Waals surface area (Å²) < 4.78 is 50.1. The van der Waals surface area contributed by atoms with Crippen LogP contribution in [0.25, 0.3) is 0 Å². The lowest BCUT2D eigenvalue weighted by Crippen LogP contribution is -2.43. The lowest BCUT2D eigenvalue weighted by molar-refractivity contribution is 0.402. The van der Waals surface area contributed by atoms with E-state index in [2.05, 4.69) is 0 Å². The van der Waals surface area contributed by atoms with Gasteiger partial charge in [0.15, 0.2) is 9.84 Å². The molecule has 0 aromatic heterocycles. The van der Waals surface area contributed by atoms with E-state index in [1.165, 1.54) is 4.31 Å². The molecule has 0 aliphatic carbocycles. The summed E-state index contributed by atoms with van der Waals surface area (Å²) in [7, 11) is -6.68. The van der Waals surface area contributed by atoms with Gasteiger partial charge in [-0.25, -0.2) is 16.8 Å². The Morgan fingerprint density at radius 1 is 1.19 bits per heavy atom. The standard InChI is InChI=1S/C14H19NO4S2/c1-10(2)11-3-5-13(6-4-11)21(18,19)15-8-14-7-12(15)9-20(14,16)17/h3-6,10,12,14H,7-9H2,1-2H3. The normalized spacial score (nSPS) is 28.3. The summed E-state index contributed by atoms with van der Waals surface area (Å²) in [5.41, 5.74) is 1.08. The molecule has 1 aromatic rings. The van der Waals surface area contributed by atoms with Crippen molar-refractivity contribution in [3.8, 4) is 0 Å². The second-order valence-corrected chi connectivity index (χ2v) is 10.4. The van der Waals surface area contributed by atoms with Crippen molar-refractivity contribution in [1.29, 1.82) is 0 Å².